The van der Waals surface area contributed by atoms with Crippen LogP contribution in [0.4, 0.5) is 4.39 Å². The van der Waals surface area contributed by atoms with Crippen molar-refractivity contribution in [1.29, 1.82) is 0 Å². The molecule has 2 rings (SSSR count). The molecule has 0 radical (unpaired) electrons. The van der Waals surface area contributed by atoms with Crippen LogP contribution in [0.2, 0.25) is 0 Å². The first kappa shape index (κ1) is 9.64. The average Bonchev–Trinajstić information content (AvgIpc) is 2.42. The Kier molecular flexibility index (Phi) is 1.96. The standard InChI is InChI=1S/C10H9FN2O2/c1-5-9-7(11)3-6(10(14)15)4-8(9)13(2)12-5/h3-4H,1-2H3,(H,14,15). The minimum atomic E-state index is -1.14. The molecule has 0 aliphatic rings. The van der Waals surface area contributed by atoms with Crippen molar-refractivity contribution in [2.24, 2.45) is 7.05 Å². The van der Waals surface area contributed by atoms with Gasteiger partial charge in [0.2, 0.25) is 0 Å². The summed E-state index contributed by atoms with van der Waals surface area (Å²) >= 11 is 0. The first-order valence-corrected chi connectivity index (χ1v) is 4.37. The summed E-state index contributed by atoms with van der Waals surface area (Å²) in [6.07, 6.45) is 0. The van der Waals surface area contributed by atoms with Crippen LogP contribution in [-0.2, 0) is 7.05 Å². The molecular weight excluding hydrogens is 199 g/mol. The van der Waals surface area contributed by atoms with E-state index in [0.717, 1.165) is 6.07 Å². The van der Waals surface area contributed by atoms with Crippen molar-refractivity contribution < 1.29 is 14.3 Å². The van der Waals surface area contributed by atoms with Gasteiger partial charge in [-0.25, -0.2) is 9.18 Å². The van der Waals surface area contributed by atoms with Crippen molar-refractivity contribution in [3.05, 3.63) is 29.2 Å². The van der Waals surface area contributed by atoms with E-state index >= 15 is 0 Å². The van der Waals surface area contributed by atoms with Gasteiger partial charge in [-0.1, -0.05) is 0 Å². The van der Waals surface area contributed by atoms with Crippen LogP contribution in [0, 0.1) is 12.7 Å². The first-order chi connectivity index (χ1) is 7.00. The lowest BCUT2D eigenvalue weighted by atomic mass is 10.1. The van der Waals surface area contributed by atoms with E-state index in [0.29, 0.717) is 16.6 Å². The SMILES string of the molecule is Cc1nn(C)c2cc(C(=O)O)cc(F)c12. The zero-order valence-corrected chi connectivity index (χ0v) is 8.28. The maximum atomic E-state index is 13.6. The second-order valence-corrected chi connectivity index (χ2v) is 3.37. The van der Waals surface area contributed by atoms with Gasteiger partial charge in [0.25, 0.3) is 0 Å². The Morgan fingerprint density at radius 2 is 2.20 bits per heavy atom. The van der Waals surface area contributed by atoms with Gasteiger partial charge >= 0.3 is 5.97 Å². The number of carboxylic acid groups (broad SMARTS) is 1. The van der Waals surface area contributed by atoms with Crippen LogP contribution < -0.4 is 0 Å². The van der Waals surface area contributed by atoms with E-state index in [4.69, 9.17) is 5.11 Å². The van der Waals surface area contributed by atoms with Crippen LogP contribution in [0.15, 0.2) is 12.1 Å². The molecule has 1 heterocycles. The number of hydrogen-bond donors (Lipinski definition) is 1. The highest BCUT2D eigenvalue weighted by atomic mass is 19.1. The fraction of sp³-hybridized carbons (Fsp3) is 0.200. The van der Waals surface area contributed by atoms with Crippen molar-refractivity contribution >= 4 is 16.9 Å². The third-order valence-electron chi connectivity index (χ3n) is 2.33. The number of carboxylic acids is 1. The van der Waals surface area contributed by atoms with E-state index in [-0.39, 0.29) is 5.56 Å². The number of carbonyl (C=O) groups is 1. The molecule has 0 saturated heterocycles. The highest BCUT2D eigenvalue weighted by molar-refractivity contribution is 5.94. The number of fused-ring (bicyclic) bond motifs is 1. The Balaban J connectivity index is 2.87. The second-order valence-electron chi connectivity index (χ2n) is 3.37. The molecule has 0 bridgehead atoms. The Bertz CT molecular complexity index is 560. The van der Waals surface area contributed by atoms with E-state index < -0.39 is 11.8 Å². The maximum Gasteiger partial charge on any atom is 0.335 e. The van der Waals surface area contributed by atoms with Crippen molar-refractivity contribution in [2.75, 3.05) is 0 Å². The second kappa shape index (κ2) is 3.05. The number of aromatic carboxylic acids is 1. The molecule has 0 saturated carbocycles. The third-order valence-corrected chi connectivity index (χ3v) is 2.33. The fourth-order valence-corrected chi connectivity index (χ4v) is 1.66. The molecule has 15 heavy (non-hydrogen) atoms. The number of rotatable bonds is 1. The predicted octanol–water partition coefficient (Wildman–Crippen LogP) is 1.72. The van der Waals surface area contributed by atoms with Gasteiger partial charge in [-0.05, 0) is 19.1 Å². The van der Waals surface area contributed by atoms with Gasteiger partial charge < -0.3 is 5.11 Å². The summed E-state index contributed by atoms with van der Waals surface area (Å²) in [7, 11) is 1.65. The minimum Gasteiger partial charge on any atom is -0.478 e. The van der Waals surface area contributed by atoms with Crippen molar-refractivity contribution in [1.82, 2.24) is 9.78 Å². The molecule has 0 unspecified atom stereocenters. The monoisotopic (exact) mass is 208 g/mol. The van der Waals surface area contributed by atoms with Gasteiger partial charge in [0.1, 0.15) is 5.82 Å². The van der Waals surface area contributed by atoms with Crippen LogP contribution in [0.1, 0.15) is 16.1 Å². The lowest BCUT2D eigenvalue weighted by Gasteiger charge is -1.98. The molecule has 0 amide bonds. The maximum absolute atomic E-state index is 13.6. The van der Waals surface area contributed by atoms with E-state index in [9.17, 15) is 9.18 Å². The lowest BCUT2D eigenvalue weighted by molar-refractivity contribution is 0.0696. The van der Waals surface area contributed by atoms with Crippen LogP contribution in [0.25, 0.3) is 10.9 Å². The summed E-state index contributed by atoms with van der Waals surface area (Å²) in [4.78, 5) is 10.7. The molecule has 1 aromatic heterocycles. The summed E-state index contributed by atoms with van der Waals surface area (Å²) in [6, 6.07) is 2.43. The highest BCUT2D eigenvalue weighted by Crippen LogP contribution is 2.22. The molecule has 4 nitrogen and oxygen atoms in total. The Labute approximate surface area is 84.9 Å². The van der Waals surface area contributed by atoms with Crippen LogP contribution in [-0.4, -0.2) is 20.9 Å². The smallest absolute Gasteiger partial charge is 0.335 e. The topological polar surface area (TPSA) is 55.1 Å². The molecule has 1 aromatic carbocycles. The molecule has 1 N–H and O–H groups in total. The van der Waals surface area contributed by atoms with Gasteiger partial charge in [-0.3, -0.25) is 4.68 Å². The number of aromatic nitrogens is 2. The summed E-state index contributed by atoms with van der Waals surface area (Å²) in [5.74, 6) is -1.69. The van der Waals surface area contributed by atoms with E-state index in [1.165, 1.54) is 10.7 Å². The van der Waals surface area contributed by atoms with Gasteiger partial charge in [0.05, 0.1) is 22.2 Å². The normalized spacial score (nSPS) is 10.9. The van der Waals surface area contributed by atoms with Crippen molar-refractivity contribution in [3.63, 3.8) is 0 Å². The average molecular weight is 208 g/mol. The van der Waals surface area contributed by atoms with Gasteiger partial charge in [0, 0.05) is 7.05 Å². The molecule has 0 aliphatic heterocycles. The van der Waals surface area contributed by atoms with Gasteiger partial charge in [-0.15, -0.1) is 0 Å². The minimum absolute atomic E-state index is 0.0667. The predicted molar refractivity (Wildman–Crippen MR) is 52.4 cm³/mol. The molecule has 2 aromatic rings. The molecule has 0 atom stereocenters. The lowest BCUT2D eigenvalue weighted by Crippen LogP contribution is -1.98. The molecule has 0 fully saturated rings. The molecule has 0 spiro atoms. The highest BCUT2D eigenvalue weighted by Gasteiger charge is 2.14. The number of hydrogen-bond acceptors (Lipinski definition) is 2. The largest absolute Gasteiger partial charge is 0.478 e. The van der Waals surface area contributed by atoms with Crippen LogP contribution in [0.3, 0.4) is 0 Å². The van der Waals surface area contributed by atoms with Gasteiger partial charge in [0.15, 0.2) is 0 Å². The third kappa shape index (κ3) is 1.36. The molecular formula is C10H9FN2O2. The summed E-state index contributed by atoms with van der Waals surface area (Å²) in [5, 5.41) is 13.2. The summed E-state index contributed by atoms with van der Waals surface area (Å²) in [6.45, 7) is 1.69. The number of benzene rings is 1. The molecule has 0 aliphatic carbocycles. The van der Waals surface area contributed by atoms with Crippen molar-refractivity contribution in [2.45, 2.75) is 6.92 Å². The van der Waals surface area contributed by atoms with E-state index in [1.807, 2.05) is 0 Å². The van der Waals surface area contributed by atoms with Crippen LogP contribution in [0.5, 0.6) is 0 Å². The van der Waals surface area contributed by atoms with Crippen molar-refractivity contribution in [3.8, 4) is 0 Å². The number of aryl methyl sites for hydroxylation is 2. The molecule has 5 heteroatoms. The van der Waals surface area contributed by atoms with Crippen LogP contribution >= 0.6 is 0 Å². The number of halogens is 1. The Hall–Kier alpha value is -1.91. The summed E-state index contributed by atoms with van der Waals surface area (Å²) in [5.41, 5.74) is 0.981. The van der Waals surface area contributed by atoms with E-state index in [2.05, 4.69) is 5.10 Å². The summed E-state index contributed by atoms with van der Waals surface area (Å²) < 4.78 is 15.0. The fourth-order valence-electron chi connectivity index (χ4n) is 1.66. The molecule has 78 valence electrons. The Morgan fingerprint density at radius 3 is 2.80 bits per heavy atom. The van der Waals surface area contributed by atoms with Gasteiger partial charge in [-0.2, -0.15) is 5.10 Å². The zero-order valence-electron chi connectivity index (χ0n) is 8.28. The quantitative estimate of drug-likeness (QED) is 0.776. The Morgan fingerprint density at radius 1 is 1.53 bits per heavy atom. The number of nitrogens with zero attached hydrogens (tertiary/aromatic N) is 2. The first-order valence-electron chi connectivity index (χ1n) is 4.37. The zero-order chi connectivity index (χ0) is 11.2. The van der Waals surface area contributed by atoms with E-state index in [1.54, 1.807) is 14.0 Å².